The average Bonchev–Trinajstić information content (AvgIpc) is 2.98. The highest BCUT2D eigenvalue weighted by Gasteiger charge is 2.01. The molecule has 1 N–H and O–H groups in total. The normalized spacial score (nSPS) is 9.35. The maximum Gasteiger partial charge on any atom is 0.145 e. The molecule has 0 aliphatic heterocycles. The number of nitrogens with zero attached hydrogens (tertiary/aromatic N) is 5. The molecule has 1 aromatic heterocycles. The molecule has 0 saturated heterocycles. The van der Waals surface area contributed by atoms with Crippen molar-refractivity contribution >= 4 is 5.69 Å². The summed E-state index contributed by atoms with van der Waals surface area (Å²) in [5.41, 5.74) is 2.64. The van der Waals surface area contributed by atoms with Crippen molar-refractivity contribution in [3.63, 3.8) is 0 Å². The van der Waals surface area contributed by atoms with E-state index in [9.17, 15) is 0 Å². The minimum absolute atomic E-state index is 0.0259. The molecule has 2 aromatic rings. The first-order chi connectivity index (χ1) is 9.76. The zero-order valence-electron chi connectivity index (χ0n) is 10.9. The lowest BCUT2D eigenvalue weighted by Crippen LogP contribution is -1.95. The molecule has 98 valence electrons. The van der Waals surface area contributed by atoms with Gasteiger partial charge >= 0.3 is 0 Å². The Morgan fingerprint density at radius 1 is 1.30 bits per heavy atom. The van der Waals surface area contributed by atoms with E-state index >= 15 is 0 Å². The Morgan fingerprint density at radius 3 is 2.55 bits per heavy atom. The second-order valence-electron chi connectivity index (χ2n) is 3.98. The molecule has 20 heavy (non-hydrogen) atoms. The standard InChI is InChI=1S/C14H12N6/c1-2-12-10-20(19-18-12)14-5-3-13(4-6-14)17-9-11(7-15)8-16/h3-6,9-10,17H,2H2,1H3. The molecule has 2 rings (SSSR count). The molecule has 6 nitrogen and oxygen atoms in total. The zero-order chi connectivity index (χ0) is 14.4. The van der Waals surface area contributed by atoms with Crippen LogP contribution in [0.2, 0.25) is 0 Å². The molecule has 0 aliphatic carbocycles. The van der Waals surface area contributed by atoms with Crippen molar-refractivity contribution < 1.29 is 0 Å². The molecule has 0 saturated carbocycles. The lowest BCUT2D eigenvalue weighted by atomic mass is 10.2. The Labute approximate surface area is 116 Å². The van der Waals surface area contributed by atoms with E-state index in [0.717, 1.165) is 23.5 Å². The molecule has 0 aliphatic rings. The topological polar surface area (TPSA) is 90.3 Å². The molecule has 6 heteroatoms. The maximum atomic E-state index is 8.62. The van der Waals surface area contributed by atoms with Gasteiger partial charge in [-0.15, -0.1) is 5.10 Å². The number of anilines is 1. The summed E-state index contributed by atoms with van der Waals surface area (Å²) in [6, 6.07) is 11.0. The summed E-state index contributed by atoms with van der Waals surface area (Å²) in [6.45, 7) is 2.02. The Kier molecular flexibility index (Phi) is 4.10. The van der Waals surface area contributed by atoms with Gasteiger partial charge in [-0.2, -0.15) is 10.5 Å². The Hall–Kier alpha value is -3.12. The average molecular weight is 264 g/mol. The number of aryl methyl sites for hydroxylation is 1. The number of rotatable bonds is 4. The van der Waals surface area contributed by atoms with E-state index in [-0.39, 0.29) is 5.57 Å². The number of nitrogens with one attached hydrogen (secondary N) is 1. The fraction of sp³-hybridized carbons (Fsp3) is 0.143. The van der Waals surface area contributed by atoms with Gasteiger partial charge in [0, 0.05) is 11.9 Å². The maximum absolute atomic E-state index is 8.62. The van der Waals surface area contributed by atoms with Gasteiger partial charge in [-0.25, -0.2) is 4.68 Å². The lowest BCUT2D eigenvalue weighted by Gasteiger charge is -2.03. The van der Waals surface area contributed by atoms with E-state index in [0.29, 0.717) is 0 Å². The van der Waals surface area contributed by atoms with Gasteiger partial charge < -0.3 is 5.32 Å². The van der Waals surface area contributed by atoms with Gasteiger partial charge in [0.1, 0.15) is 17.7 Å². The van der Waals surface area contributed by atoms with Gasteiger partial charge in [0.25, 0.3) is 0 Å². The minimum atomic E-state index is 0.0259. The van der Waals surface area contributed by atoms with Gasteiger partial charge in [-0.05, 0) is 30.7 Å². The molecular formula is C14H12N6. The highest BCUT2D eigenvalue weighted by atomic mass is 15.4. The van der Waals surface area contributed by atoms with Gasteiger partial charge in [0.2, 0.25) is 0 Å². The summed E-state index contributed by atoms with van der Waals surface area (Å²) < 4.78 is 1.70. The summed E-state index contributed by atoms with van der Waals surface area (Å²) in [4.78, 5) is 0. The van der Waals surface area contributed by atoms with E-state index in [1.165, 1.54) is 6.20 Å². The molecule has 0 amide bonds. The Balaban J connectivity index is 2.13. The Morgan fingerprint density at radius 2 is 2.00 bits per heavy atom. The summed E-state index contributed by atoms with van der Waals surface area (Å²) in [7, 11) is 0. The van der Waals surface area contributed by atoms with Gasteiger partial charge in [0.05, 0.1) is 17.6 Å². The summed E-state index contributed by atoms with van der Waals surface area (Å²) in [5, 5.41) is 28.2. The third-order valence-corrected chi connectivity index (χ3v) is 2.66. The summed E-state index contributed by atoms with van der Waals surface area (Å²) in [5.74, 6) is 0. The molecule has 1 heterocycles. The fourth-order valence-corrected chi connectivity index (χ4v) is 1.54. The highest BCUT2D eigenvalue weighted by molar-refractivity contribution is 5.52. The number of hydrogen-bond donors (Lipinski definition) is 1. The first-order valence-electron chi connectivity index (χ1n) is 6.05. The molecule has 1 aromatic carbocycles. The van der Waals surface area contributed by atoms with Crippen LogP contribution in [0.15, 0.2) is 42.2 Å². The van der Waals surface area contributed by atoms with Crippen molar-refractivity contribution in [3.05, 3.63) is 47.9 Å². The first kappa shape index (κ1) is 13.3. The molecule has 0 unspecified atom stereocenters. The van der Waals surface area contributed by atoms with E-state index in [2.05, 4.69) is 15.6 Å². The van der Waals surface area contributed by atoms with Crippen molar-refractivity contribution in [1.82, 2.24) is 15.0 Å². The van der Waals surface area contributed by atoms with Crippen molar-refractivity contribution in [2.45, 2.75) is 13.3 Å². The number of benzene rings is 1. The zero-order valence-corrected chi connectivity index (χ0v) is 10.9. The van der Waals surface area contributed by atoms with Gasteiger partial charge in [-0.3, -0.25) is 0 Å². The van der Waals surface area contributed by atoms with Crippen LogP contribution >= 0.6 is 0 Å². The second kappa shape index (κ2) is 6.17. The molecule has 0 radical (unpaired) electrons. The SMILES string of the molecule is CCc1cn(-c2ccc(NC=C(C#N)C#N)cc2)nn1. The summed E-state index contributed by atoms with van der Waals surface area (Å²) >= 11 is 0. The smallest absolute Gasteiger partial charge is 0.145 e. The van der Waals surface area contributed by atoms with Crippen molar-refractivity contribution in [2.75, 3.05) is 5.32 Å². The van der Waals surface area contributed by atoms with E-state index in [1.807, 2.05) is 37.4 Å². The molecule has 0 fully saturated rings. The third-order valence-electron chi connectivity index (χ3n) is 2.66. The third kappa shape index (κ3) is 3.01. The van der Waals surface area contributed by atoms with Crippen LogP contribution in [0.3, 0.4) is 0 Å². The molecular weight excluding hydrogens is 252 g/mol. The number of hydrogen-bond acceptors (Lipinski definition) is 5. The van der Waals surface area contributed by atoms with Crippen LogP contribution in [0.4, 0.5) is 5.69 Å². The van der Waals surface area contributed by atoms with Crippen molar-refractivity contribution in [2.24, 2.45) is 0 Å². The number of nitriles is 2. The van der Waals surface area contributed by atoms with Crippen LogP contribution in [-0.4, -0.2) is 15.0 Å². The van der Waals surface area contributed by atoms with Gasteiger partial charge in [0.15, 0.2) is 0 Å². The van der Waals surface area contributed by atoms with Crippen LogP contribution in [0.5, 0.6) is 0 Å². The van der Waals surface area contributed by atoms with Crippen molar-refractivity contribution in [3.8, 4) is 17.8 Å². The largest absolute Gasteiger partial charge is 0.360 e. The molecule has 0 spiro atoms. The number of allylic oxidation sites excluding steroid dienone is 1. The monoisotopic (exact) mass is 264 g/mol. The predicted octanol–water partition coefficient (Wildman–Crippen LogP) is 2.17. The van der Waals surface area contributed by atoms with Crippen LogP contribution in [0.25, 0.3) is 5.69 Å². The molecule has 0 atom stereocenters. The van der Waals surface area contributed by atoms with Crippen molar-refractivity contribution in [1.29, 1.82) is 10.5 Å². The molecule has 0 bridgehead atoms. The Bertz CT molecular complexity index is 681. The van der Waals surface area contributed by atoms with Crippen LogP contribution in [0.1, 0.15) is 12.6 Å². The predicted molar refractivity (Wildman–Crippen MR) is 73.7 cm³/mol. The van der Waals surface area contributed by atoms with Gasteiger partial charge in [-0.1, -0.05) is 12.1 Å². The first-order valence-corrected chi connectivity index (χ1v) is 6.05. The fourth-order valence-electron chi connectivity index (χ4n) is 1.54. The van der Waals surface area contributed by atoms with Crippen LogP contribution < -0.4 is 5.32 Å². The van der Waals surface area contributed by atoms with E-state index in [1.54, 1.807) is 16.8 Å². The van der Waals surface area contributed by atoms with Crippen LogP contribution in [0, 0.1) is 22.7 Å². The highest BCUT2D eigenvalue weighted by Crippen LogP contribution is 2.13. The second-order valence-corrected chi connectivity index (χ2v) is 3.98. The number of aromatic nitrogens is 3. The minimum Gasteiger partial charge on any atom is -0.360 e. The summed E-state index contributed by atoms with van der Waals surface area (Å²) in [6.07, 6.45) is 4.10. The van der Waals surface area contributed by atoms with Crippen LogP contribution in [-0.2, 0) is 6.42 Å². The lowest BCUT2D eigenvalue weighted by molar-refractivity contribution is 0.798. The van der Waals surface area contributed by atoms with E-state index < -0.39 is 0 Å². The van der Waals surface area contributed by atoms with E-state index in [4.69, 9.17) is 10.5 Å². The quantitative estimate of drug-likeness (QED) is 0.854.